The number of ether oxygens (including phenoxy) is 1. The summed E-state index contributed by atoms with van der Waals surface area (Å²) < 4.78 is 4.51. The number of aliphatic hydroxyl groups excluding tert-OH is 1. The Morgan fingerprint density at radius 2 is 2.44 bits per heavy atom. The minimum Gasteiger partial charge on any atom is -0.466 e. The second-order valence-corrected chi connectivity index (χ2v) is 1.66. The average molecular weight is 131 g/mol. The van der Waals surface area contributed by atoms with Crippen LogP contribution in [0.4, 0.5) is 0 Å². The fourth-order valence-corrected chi connectivity index (χ4v) is 0.412. The zero-order chi connectivity index (χ0) is 7.28. The smallest absolute Gasteiger partial charge is 0.308 e. The number of esters is 1. The molecule has 0 amide bonds. The van der Waals surface area contributed by atoms with Crippen molar-refractivity contribution in [3.63, 3.8) is 0 Å². The summed E-state index contributed by atoms with van der Waals surface area (Å²) in [5, 5.41) is 8.54. The van der Waals surface area contributed by atoms with E-state index in [-0.39, 0.29) is 6.42 Å². The summed E-state index contributed by atoms with van der Waals surface area (Å²) in [7, 11) is 0. The standard InChI is InChI=1S/C6H11O3/c1-3-9-6(8)4-5(2)7/h5,7H,2-4H2,1H3. The molecule has 1 unspecified atom stereocenters. The summed E-state index contributed by atoms with van der Waals surface area (Å²) in [6.45, 7) is 5.28. The van der Waals surface area contributed by atoms with Gasteiger partial charge in [0.25, 0.3) is 0 Å². The van der Waals surface area contributed by atoms with E-state index in [1.165, 1.54) is 0 Å². The van der Waals surface area contributed by atoms with E-state index >= 15 is 0 Å². The van der Waals surface area contributed by atoms with Crippen LogP contribution >= 0.6 is 0 Å². The van der Waals surface area contributed by atoms with E-state index in [0.29, 0.717) is 6.61 Å². The molecule has 0 spiro atoms. The van der Waals surface area contributed by atoms with E-state index in [9.17, 15) is 4.79 Å². The summed E-state index contributed by atoms with van der Waals surface area (Å²) in [4.78, 5) is 10.4. The maximum absolute atomic E-state index is 10.4. The van der Waals surface area contributed by atoms with Gasteiger partial charge >= 0.3 is 5.97 Å². The van der Waals surface area contributed by atoms with Crippen LogP contribution in [0.1, 0.15) is 13.3 Å². The molecule has 3 nitrogen and oxygen atoms in total. The monoisotopic (exact) mass is 131 g/mol. The molecule has 0 aromatic heterocycles. The van der Waals surface area contributed by atoms with Crippen molar-refractivity contribution in [1.82, 2.24) is 0 Å². The molecule has 9 heavy (non-hydrogen) atoms. The Morgan fingerprint density at radius 1 is 1.89 bits per heavy atom. The van der Waals surface area contributed by atoms with Gasteiger partial charge in [0.05, 0.1) is 19.1 Å². The van der Waals surface area contributed by atoms with Gasteiger partial charge in [-0.2, -0.15) is 0 Å². The largest absolute Gasteiger partial charge is 0.466 e. The van der Waals surface area contributed by atoms with E-state index in [1.54, 1.807) is 6.92 Å². The molecule has 1 atom stereocenters. The number of carbonyl (C=O) groups excluding carboxylic acids is 1. The lowest BCUT2D eigenvalue weighted by molar-refractivity contribution is -0.144. The van der Waals surface area contributed by atoms with Crippen molar-refractivity contribution in [1.29, 1.82) is 0 Å². The lowest BCUT2D eigenvalue weighted by Crippen LogP contribution is -2.12. The molecule has 0 aliphatic heterocycles. The first kappa shape index (κ1) is 8.43. The van der Waals surface area contributed by atoms with Crippen LogP contribution in [0.25, 0.3) is 0 Å². The van der Waals surface area contributed by atoms with Crippen molar-refractivity contribution in [2.24, 2.45) is 0 Å². The second-order valence-electron chi connectivity index (χ2n) is 1.66. The maximum Gasteiger partial charge on any atom is 0.308 e. The molecule has 1 N–H and O–H groups in total. The molecule has 0 rings (SSSR count). The van der Waals surface area contributed by atoms with Crippen LogP contribution in [-0.4, -0.2) is 23.8 Å². The average Bonchev–Trinajstić information content (AvgIpc) is 1.63. The van der Waals surface area contributed by atoms with Crippen molar-refractivity contribution >= 4 is 5.97 Å². The van der Waals surface area contributed by atoms with Gasteiger partial charge in [0.1, 0.15) is 0 Å². The third kappa shape index (κ3) is 5.30. The van der Waals surface area contributed by atoms with E-state index in [4.69, 9.17) is 5.11 Å². The molecule has 53 valence electrons. The lowest BCUT2D eigenvalue weighted by Gasteiger charge is -2.01. The molecule has 0 saturated carbocycles. The van der Waals surface area contributed by atoms with Gasteiger partial charge in [-0.15, -0.1) is 0 Å². The van der Waals surface area contributed by atoms with Crippen LogP contribution in [0.15, 0.2) is 0 Å². The lowest BCUT2D eigenvalue weighted by atomic mass is 10.3. The zero-order valence-corrected chi connectivity index (χ0v) is 5.46. The molecule has 0 aliphatic carbocycles. The highest BCUT2D eigenvalue weighted by molar-refractivity contribution is 5.69. The van der Waals surface area contributed by atoms with E-state index in [0.717, 1.165) is 0 Å². The third-order valence-corrected chi connectivity index (χ3v) is 0.708. The molecule has 0 heterocycles. The van der Waals surface area contributed by atoms with Crippen molar-refractivity contribution in [2.75, 3.05) is 6.61 Å². The fourth-order valence-electron chi connectivity index (χ4n) is 0.412. The summed E-state index contributed by atoms with van der Waals surface area (Å²) in [5.74, 6) is -0.403. The first-order chi connectivity index (χ1) is 4.16. The van der Waals surface area contributed by atoms with Crippen molar-refractivity contribution in [2.45, 2.75) is 19.4 Å². The Bertz CT molecular complexity index is 88.3. The van der Waals surface area contributed by atoms with Gasteiger partial charge < -0.3 is 9.84 Å². The molecule has 1 radical (unpaired) electrons. The normalized spacial score (nSPS) is 12.8. The second kappa shape index (κ2) is 4.32. The van der Waals surface area contributed by atoms with Gasteiger partial charge in [-0.1, -0.05) is 0 Å². The van der Waals surface area contributed by atoms with Crippen LogP contribution in [0.2, 0.25) is 0 Å². The predicted molar refractivity (Wildman–Crippen MR) is 32.6 cm³/mol. The highest BCUT2D eigenvalue weighted by atomic mass is 16.5. The topological polar surface area (TPSA) is 46.5 Å². The molecule has 0 bridgehead atoms. The number of hydrogen-bond acceptors (Lipinski definition) is 3. The molecular weight excluding hydrogens is 120 g/mol. The summed E-state index contributed by atoms with van der Waals surface area (Å²) in [5.41, 5.74) is 0. The molecule has 0 aliphatic rings. The molecular formula is C6H11O3. The first-order valence-corrected chi connectivity index (χ1v) is 2.83. The van der Waals surface area contributed by atoms with Crippen LogP contribution < -0.4 is 0 Å². The van der Waals surface area contributed by atoms with E-state index in [1.807, 2.05) is 0 Å². The Balaban J connectivity index is 3.27. The summed E-state index contributed by atoms with van der Waals surface area (Å²) >= 11 is 0. The van der Waals surface area contributed by atoms with Crippen molar-refractivity contribution in [3.05, 3.63) is 6.92 Å². The quantitative estimate of drug-likeness (QED) is 0.554. The number of rotatable bonds is 3. The maximum atomic E-state index is 10.4. The Morgan fingerprint density at radius 3 is 2.78 bits per heavy atom. The van der Waals surface area contributed by atoms with Crippen LogP contribution in [0, 0.1) is 6.92 Å². The van der Waals surface area contributed by atoms with Crippen LogP contribution in [0.3, 0.4) is 0 Å². The highest BCUT2D eigenvalue weighted by Crippen LogP contribution is 1.91. The van der Waals surface area contributed by atoms with Crippen molar-refractivity contribution in [3.8, 4) is 0 Å². The first-order valence-electron chi connectivity index (χ1n) is 2.83. The zero-order valence-electron chi connectivity index (χ0n) is 5.46. The minimum absolute atomic E-state index is 0.0200. The van der Waals surface area contributed by atoms with Gasteiger partial charge in [-0.3, -0.25) is 4.79 Å². The summed E-state index contributed by atoms with van der Waals surface area (Å²) in [6.07, 6.45) is -0.863. The van der Waals surface area contributed by atoms with Crippen LogP contribution in [0.5, 0.6) is 0 Å². The molecule has 0 aromatic carbocycles. The Labute approximate surface area is 54.6 Å². The third-order valence-electron chi connectivity index (χ3n) is 0.708. The Kier molecular flexibility index (Phi) is 4.05. The Hall–Kier alpha value is -0.570. The van der Waals surface area contributed by atoms with E-state index in [2.05, 4.69) is 11.7 Å². The van der Waals surface area contributed by atoms with Gasteiger partial charge in [-0.05, 0) is 13.8 Å². The predicted octanol–water partition coefficient (Wildman–Crippen LogP) is 0.135. The SMILES string of the molecule is [CH2]C(O)CC(=O)OCC. The van der Waals surface area contributed by atoms with Gasteiger partial charge in [0, 0.05) is 0 Å². The number of aliphatic hydroxyl groups is 1. The molecule has 0 fully saturated rings. The van der Waals surface area contributed by atoms with Gasteiger partial charge in [0.2, 0.25) is 0 Å². The molecule has 0 aromatic rings. The van der Waals surface area contributed by atoms with Gasteiger partial charge in [-0.25, -0.2) is 0 Å². The van der Waals surface area contributed by atoms with Crippen molar-refractivity contribution < 1.29 is 14.6 Å². The van der Waals surface area contributed by atoms with E-state index < -0.39 is 12.1 Å². The number of hydrogen-bond donors (Lipinski definition) is 1. The fraction of sp³-hybridized carbons (Fsp3) is 0.667. The van der Waals surface area contributed by atoms with Crippen LogP contribution in [-0.2, 0) is 9.53 Å². The number of carbonyl (C=O) groups is 1. The molecule has 3 heteroatoms. The summed E-state index contributed by atoms with van der Waals surface area (Å²) in [6, 6.07) is 0. The van der Waals surface area contributed by atoms with Gasteiger partial charge in [0.15, 0.2) is 0 Å². The molecule has 0 saturated heterocycles. The minimum atomic E-state index is -0.843. The highest BCUT2D eigenvalue weighted by Gasteiger charge is 2.04.